The van der Waals surface area contributed by atoms with Crippen LogP contribution in [0, 0.1) is 0 Å². The molecule has 0 saturated heterocycles. The van der Waals surface area contributed by atoms with Crippen LogP contribution in [0.4, 0.5) is 0 Å². The smallest absolute Gasteiger partial charge is 0.135 e. The largest absolute Gasteiger partial charge is 0.456 e. The Morgan fingerprint density at radius 3 is 1.67 bits per heavy atom. The molecule has 0 spiro atoms. The van der Waals surface area contributed by atoms with Gasteiger partial charge in [-0.15, -0.1) is 0 Å². The lowest BCUT2D eigenvalue weighted by Crippen LogP contribution is -1.91. The zero-order valence-corrected chi connectivity index (χ0v) is 20.3. The summed E-state index contributed by atoms with van der Waals surface area (Å²) >= 11 is 0. The van der Waals surface area contributed by atoms with Gasteiger partial charge in [0.15, 0.2) is 0 Å². The summed E-state index contributed by atoms with van der Waals surface area (Å²) in [6.07, 6.45) is 0. The van der Waals surface area contributed by atoms with Crippen LogP contribution in [0.25, 0.3) is 76.9 Å². The van der Waals surface area contributed by atoms with Crippen LogP contribution in [0.15, 0.2) is 150 Å². The standard InChI is InChI=1S/C38H24O/c1-2-11-25(12-3-1)37-30-16-4-6-18-32(30)38(33-19-7-5-17-31(33)37)28-14-10-13-26(23-28)27-21-22-36-34(24-27)29-15-8-9-20-35(29)39-36/h1-24H/i1D,2D,3D,4D,5D,6D,7D,11D,12D,16D,17D,18D,19D. The highest BCUT2D eigenvalue weighted by Crippen LogP contribution is 2.44. The molecule has 8 aromatic rings. The molecule has 0 aliphatic heterocycles. The number of para-hydroxylation sites is 1. The summed E-state index contributed by atoms with van der Waals surface area (Å²) in [6.45, 7) is 0. The number of furan rings is 1. The van der Waals surface area contributed by atoms with Crippen LogP contribution in [0.2, 0.25) is 0 Å². The number of fused-ring (bicyclic) bond motifs is 5. The first-order valence-corrected chi connectivity index (χ1v) is 12.3. The van der Waals surface area contributed by atoms with Crippen molar-refractivity contribution in [3.63, 3.8) is 0 Å². The monoisotopic (exact) mass is 509 g/mol. The summed E-state index contributed by atoms with van der Waals surface area (Å²) in [4.78, 5) is 0. The first kappa shape index (κ1) is 12.6. The van der Waals surface area contributed by atoms with Crippen molar-refractivity contribution >= 4 is 43.5 Å². The molecule has 0 radical (unpaired) electrons. The Labute approximate surface area is 244 Å². The summed E-state index contributed by atoms with van der Waals surface area (Å²) in [5.74, 6) is 0. The molecule has 0 amide bonds. The number of benzene rings is 7. The third kappa shape index (κ3) is 3.48. The molecule has 7 aromatic carbocycles. The molecule has 1 aromatic heterocycles. The molecule has 0 fully saturated rings. The average Bonchev–Trinajstić information content (AvgIpc) is 3.53. The Kier molecular flexibility index (Phi) is 2.82. The summed E-state index contributed by atoms with van der Waals surface area (Å²) in [7, 11) is 0. The molecule has 39 heavy (non-hydrogen) atoms. The van der Waals surface area contributed by atoms with E-state index in [1.165, 1.54) is 0 Å². The van der Waals surface area contributed by atoms with Gasteiger partial charge in [0.05, 0.1) is 17.8 Å². The second-order valence-electron chi connectivity index (χ2n) is 9.14. The molecule has 0 aliphatic rings. The van der Waals surface area contributed by atoms with E-state index in [4.69, 9.17) is 19.5 Å². The van der Waals surface area contributed by atoms with Gasteiger partial charge in [0.1, 0.15) is 11.2 Å². The van der Waals surface area contributed by atoms with Gasteiger partial charge in [-0.05, 0) is 79.2 Å². The number of hydrogen-bond acceptors (Lipinski definition) is 1. The molecule has 0 unspecified atom stereocenters. The Bertz CT molecular complexity index is 2780. The van der Waals surface area contributed by atoms with E-state index < -0.39 is 84.1 Å². The van der Waals surface area contributed by atoms with Crippen molar-refractivity contribution in [2.24, 2.45) is 0 Å². The molecule has 0 atom stereocenters. The van der Waals surface area contributed by atoms with Gasteiger partial charge in [0.2, 0.25) is 0 Å². The zero-order chi connectivity index (χ0) is 37.1. The first-order chi connectivity index (χ1) is 24.7. The maximum atomic E-state index is 9.17. The fourth-order valence-electron chi connectivity index (χ4n) is 5.30. The lowest BCUT2D eigenvalue weighted by atomic mass is 9.85. The van der Waals surface area contributed by atoms with Gasteiger partial charge < -0.3 is 4.42 Å². The molecular weight excluding hydrogens is 472 g/mol. The van der Waals surface area contributed by atoms with Crippen molar-refractivity contribution < 1.29 is 22.2 Å². The third-order valence-corrected chi connectivity index (χ3v) is 6.99. The third-order valence-electron chi connectivity index (χ3n) is 6.99. The van der Waals surface area contributed by atoms with Crippen LogP contribution < -0.4 is 0 Å². The van der Waals surface area contributed by atoms with Crippen LogP contribution in [0.3, 0.4) is 0 Å². The average molecular weight is 510 g/mol. The van der Waals surface area contributed by atoms with Crippen LogP contribution in [0.5, 0.6) is 0 Å². The maximum absolute atomic E-state index is 9.17. The van der Waals surface area contributed by atoms with Gasteiger partial charge in [-0.1, -0.05) is 121 Å². The Hall–Kier alpha value is -5.14. The van der Waals surface area contributed by atoms with Crippen LogP contribution in [0.1, 0.15) is 17.8 Å². The normalized spacial score (nSPS) is 16.3. The van der Waals surface area contributed by atoms with Gasteiger partial charge in [-0.2, -0.15) is 0 Å². The zero-order valence-electron chi connectivity index (χ0n) is 33.3. The van der Waals surface area contributed by atoms with Crippen molar-refractivity contribution in [2.75, 3.05) is 0 Å². The molecule has 1 heterocycles. The fraction of sp³-hybridized carbons (Fsp3) is 0. The molecule has 0 saturated carbocycles. The van der Waals surface area contributed by atoms with E-state index in [2.05, 4.69) is 0 Å². The molecule has 0 bridgehead atoms. The highest BCUT2D eigenvalue weighted by molar-refractivity contribution is 6.21. The molecular formula is C38H24O. The van der Waals surface area contributed by atoms with E-state index in [1.807, 2.05) is 48.5 Å². The van der Waals surface area contributed by atoms with E-state index in [1.54, 1.807) is 18.2 Å². The Morgan fingerprint density at radius 2 is 0.949 bits per heavy atom. The number of hydrogen-bond donors (Lipinski definition) is 0. The van der Waals surface area contributed by atoms with Gasteiger partial charge >= 0.3 is 0 Å². The summed E-state index contributed by atoms with van der Waals surface area (Å²) < 4.78 is 120. The second kappa shape index (κ2) is 8.72. The summed E-state index contributed by atoms with van der Waals surface area (Å²) in [6, 6.07) is 12.1. The van der Waals surface area contributed by atoms with Crippen molar-refractivity contribution in [1.29, 1.82) is 0 Å². The lowest BCUT2D eigenvalue weighted by molar-refractivity contribution is 0.669. The van der Waals surface area contributed by atoms with Crippen molar-refractivity contribution in [1.82, 2.24) is 0 Å². The van der Waals surface area contributed by atoms with E-state index in [9.17, 15) is 2.74 Å². The molecule has 182 valence electrons. The quantitative estimate of drug-likeness (QED) is 0.216. The highest BCUT2D eigenvalue weighted by Gasteiger charge is 2.17. The summed E-state index contributed by atoms with van der Waals surface area (Å²) in [5, 5.41) is 1.06. The van der Waals surface area contributed by atoms with Crippen LogP contribution in [-0.4, -0.2) is 0 Å². The molecule has 8 rings (SSSR count). The molecule has 0 aliphatic carbocycles. The van der Waals surface area contributed by atoms with Crippen molar-refractivity contribution in [3.8, 4) is 33.4 Å². The Balaban J connectivity index is 1.57. The lowest BCUT2D eigenvalue weighted by Gasteiger charge is -2.18. The topological polar surface area (TPSA) is 13.1 Å². The minimum atomic E-state index is -0.710. The predicted octanol–water partition coefficient (Wildman–Crippen LogP) is 10.9. The van der Waals surface area contributed by atoms with Gasteiger partial charge in [-0.3, -0.25) is 0 Å². The number of rotatable bonds is 3. The van der Waals surface area contributed by atoms with E-state index in [-0.39, 0.29) is 32.7 Å². The van der Waals surface area contributed by atoms with Crippen molar-refractivity contribution in [2.45, 2.75) is 0 Å². The maximum Gasteiger partial charge on any atom is 0.135 e. The molecule has 1 nitrogen and oxygen atoms in total. The Morgan fingerprint density at radius 1 is 0.385 bits per heavy atom. The molecule has 0 N–H and O–H groups in total. The van der Waals surface area contributed by atoms with Crippen LogP contribution in [-0.2, 0) is 0 Å². The first-order valence-electron chi connectivity index (χ1n) is 18.8. The fourth-order valence-corrected chi connectivity index (χ4v) is 5.30. The summed E-state index contributed by atoms with van der Waals surface area (Å²) in [5.41, 5.74) is 2.59. The minimum absolute atomic E-state index is 0.0804. The molecule has 1 heteroatoms. The van der Waals surface area contributed by atoms with Gasteiger partial charge in [-0.25, -0.2) is 0 Å². The van der Waals surface area contributed by atoms with E-state index in [0.717, 1.165) is 21.9 Å². The van der Waals surface area contributed by atoms with Crippen LogP contribution >= 0.6 is 0 Å². The van der Waals surface area contributed by atoms with E-state index in [0.29, 0.717) is 16.7 Å². The van der Waals surface area contributed by atoms with Gasteiger partial charge in [0, 0.05) is 10.8 Å². The van der Waals surface area contributed by atoms with Crippen molar-refractivity contribution in [3.05, 3.63) is 145 Å². The highest BCUT2D eigenvalue weighted by atomic mass is 16.3. The second-order valence-corrected chi connectivity index (χ2v) is 9.14. The minimum Gasteiger partial charge on any atom is -0.456 e. The SMILES string of the molecule is [2H]c1c([2H])c([2H])c(-c2c3c([2H])c([2H])c([2H])c([2H])c3c(-c3cccc(-c4ccc5oc6ccccc6c5c4)c3)c3c([2H])c([2H])c([2H])c([2H])c23)c([2H])c1[2H]. The van der Waals surface area contributed by atoms with E-state index >= 15 is 0 Å². The van der Waals surface area contributed by atoms with Gasteiger partial charge in [0.25, 0.3) is 0 Å². The predicted molar refractivity (Wildman–Crippen MR) is 165 cm³/mol.